The lowest BCUT2D eigenvalue weighted by atomic mass is 10.00. The molecule has 0 aromatic heterocycles. The number of nitrogens with one attached hydrogen (secondary N) is 1. The van der Waals surface area contributed by atoms with Crippen LogP contribution in [0.1, 0.15) is 25.8 Å². The standard InChI is InChI=1S/C16H24N2O3S/c1-4-12(2)15(18-22(3,19)20)16-17-14(11-21-16)10-13-8-6-5-7-9-13/h5-9,12,14-15,18H,4,10-11H2,1-3H3/t12-,14-,15?/m0/s1. The fourth-order valence-electron chi connectivity index (χ4n) is 2.47. The molecule has 0 spiro atoms. The lowest BCUT2D eigenvalue weighted by Gasteiger charge is -2.22. The van der Waals surface area contributed by atoms with Crippen LogP contribution in [0.3, 0.4) is 0 Å². The molecule has 1 aromatic rings. The average molecular weight is 324 g/mol. The van der Waals surface area contributed by atoms with Crippen LogP contribution in [-0.2, 0) is 21.2 Å². The van der Waals surface area contributed by atoms with Crippen LogP contribution >= 0.6 is 0 Å². The van der Waals surface area contributed by atoms with Gasteiger partial charge in [0.15, 0.2) is 0 Å². The molecule has 0 saturated carbocycles. The van der Waals surface area contributed by atoms with Crippen LogP contribution in [0.2, 0.25) is 0 Å². The molecule has 22 heavy (non-hydrogen) atoms. The van der Waals surface area contributed by atoms with E-state index in [0.717, 1.165) is 12.8 Å². The maximum atomic E-state index is 11.6. The predicted molar refractivity (Wildman–Crippen MR) is 88.5 cm³/mol. The molecule has 0 saturated heterocycles. The Morgan fingerprint density at radius 1 is 1.36 bits per heavy atom. The highest BCUT2D eigenvalue weighted by molar-refractivity contribution is 7.88. The smallest absolute Gasteiger partial charge is 0.209 e. The third kappa shape index (κ3) is 4.81. The summed E-state index contributed by atoms with van der Waals surface area (Å²) < 4.78 is 31.5. The summed E-state index contributed by atoms with van der Waals surface area (Å²) in [5, 5.41) is 0. The first kappa shape index (κ1) is 17.0. The van der Waals surface area contributed by atoms with Gasteiger partial charge in [-0.05, 0) is 17.9 Å². The Morgan fingerprint density at radius 2 is 2.05 bits per heavy atom. The summed E-state index contributed by atoms with van der Waals surface area (Å²) in [6.07, 6.45) is 2.81. The minimum Gasteiger partial charge on any atom is -0.478 e. The van der Waals surface area contributed by atoms with Crippen molar-refractivity contribution in [1.82, 2.24) is 4.72 Å². The van der Waals surface area contributed by atoms with Crippen LogP contribution in [0.5, 0.6) is 0 Å². The number of sulfonamides is 1. The second kappa shape index (κ2) is 7.24. The number of ether oxygens (including phenoxy) is 1. The minimum atomic E-state index is -3.30. The summed E-state index contributed by atoms with van der Waals surface area (Å²) in [7, 11) is -3.30. The number of nitrogens with zero attached hydrogens (tertiary/aromatic N) is 1. The zero-order chi connectivity index (χ0) is 16.2. The normalized spacial score (nSPS) is 21.0. The highest BCUT2D eigenvalue weighted by Crippen LogP contribution is 2.18. The van der Waals surface area contributed by atoms with Crippen LogP contribution in [0.25, 0.3) is 0 Å². The molecule has 1 unspecified atom stereocenters. The Kier molecular flexibility index (Phi) is 5.58. The van der Waals surface area contributed by atoms with Gasteiger partial charge in [0, 0.05) is 0 Å². The van der Waals surface area contributed by atoms with Crippen molar-refractivity contribution in [1.29, 1.82) is 0 Å². The monoisotopic (exact) mass is 324 g/mol. The largest absolute Gasteiger partial charge is 0.478 e. The molecule has 0 radical (unpaired) electrons. The van der Waals surface area contributed by atoms with E-state index < -0.39 is 10.0 Å². The molecule has 0 bridgehead atoms. The number of aliphatic imine (C=N–C) groups is 1. The zero-order valence-electron chi connectivity index (χ0n) is 13.3. The number of hydrogen-bond acceptors (Lipinski definition) is 4. The van der Waals surface area contributed by atoms with Crippen molar-refractivity contribution in [2.45, 2.75) is 38.8 Å². The molecule has 0 fully saturated rings. The molecular formula is C16H24N2O3S. The Balaban J connectivity index is 2.10. The Bertz CT molecular complexity index is 614. The zero-order valence-corrected chi connectivity index (χ0v) is 14.1. The van der Waals surface area contributed by atoms with Gasteiger partial charge in [0.1, 0.15) is 6.61 Å². The first-order chi connectivity index (χ1) is 10.4. The first-order valence-electron chi connectivity index (χ1n) is 7.60. The van der Waals surface area contributed by atoms with E-state index in [-0.39, 0.29) is 18.0 Å². The maximum absolute atomic E-state index is 11.6. The van der Waals surface area contributed by atoms with Crippen molar-refractivity contribution >= 4 is 15.9 Å². The van der Waals surface area contributed by atoms with Gasteiger partial charge in [-0.15, -0.1) is 0 Å². The van der Waals surface area contributed by atoms with Gasteiger partial charge in [0.25, 0.3) is 0 Å². The fourth-order valence-corrected chi connectivity index (χ4v) is 3.27. The Labute approximate surface area is 132 Å². The third-order valence-corrected chi connectivity index (χ3v) is 4.55. The topological polar surface area (TPSA) is 67.8 Å². The van der Waals surface area contributed by atoms with E-state index in [9.17, 15) is 8.42 Å². The van der Waals surface area contributed by atoms with Gasteiger partial charge in [-0.2, -0.15) is 0 Å². The third-order valence-electron chi connectivity index (χ3n) is 3.87. The summed E-state index contributed by atoms with van der Waals surface area (Å²) in [6, 6.07) is 9.78. The molecule has 1 N–H and O–H groups in total. The molecule has 122 valence electrons. The number of benzene rings is 1. The number of rotatable bonds is 7. The molecular weight excluding hydrogens is 300 g/mol. The lowest BCUT2D eigenvalue weighted by Crippen LogP contribution is -2.44. The average Bonchev–Trinajstić information content (AvgIpc) is 2.92. The maximum Gasteiger partial charge on any atom is 0.209 e. The van der Waals surface area contributed by atoms with Crippen molar-refractivity contribution < 1.29 is 13.2 Å². The van der Waals surface area contributed by atoms with Gasteiger partial charge in [0.2, 0.25) is 15.9 Å². The van der Waals surface area contributed by atoms with E-state index in [1.807, 2.05) is 32.0 Å². The van der Waals surface area contributed by atoms with Crippen LogP contribution in [0, 0.1) is 5.92 Å². The van der Waals surface area contributed by atoms with E-state index in [1.165, 1.54) is 11.8 Å². The van der Waals surface area contributed by atoms with Crippen molar-refractivity contribution in [2.75, 3.05) is 12.9 Å². The molecule has 3 atom stereocenters. The van der Waals surface area contributed by atoms with Gasteiger partial charge in [0.05, 0.1) is 18.3 Å². The molecule has 2 rings (SSSR count). The van der Waals surface area contributed by atoms with Gasteiger partial charge >= 0.3 is 0 Å². The molecule has 6 heteroatoms. The Hall–Kier alpha value is -1.40. The molecule has 0 amide bonds. The molecule has 5 nitrogen and oxygen atoms in total. The molecule has 0 aliphatic carbocycles. The number of hydrogen-bond donors (Lipinski definition) is 1. The van der Waals surface area contributed by atoms with Gasteiger partial charge < -0.3 is 4.74 Å². The molecule has 1 aliphatic rings. The quantitative estimate of drug-likeness (QED) is 0.834. The van der Waals surface area contributed by atoms with Crippen LogP contribution in [-0.4, -0.2) is 39.3 Å². The van der Waals surface area contributed by atoms with Gasteiger partial charge in [-0.25, -0.2) is 18.1 Å². The van der Waals surface area contributed by atoms with Crippen molar-refractivity contribution in [3.8, 4) is 0 Å². The summed E-state index contributed by atoms with van der Waals surface area (Å²) in [6.45, 7) is 4.53. The molecule has 1 aromatic carbocycles. The second-order valence-corrected chi connectivity index (χ2v) is 7.66. The van der Waals surface area contributed by atoms with Crippen LogP contribution in [0.15, 0.2) is 35.3 Å². The second-order valence-electron chi connectivity index (χ2n) is 5.88. The van der Waals surface area contributed by atoms with E-state index in [2.05, 4.69) is 21.8 Å². The summed E-state index contributed by atoms with van der Waals surface area (Å²) in [5.41, 5.74) is 1.21. The van der Waals surface area contributed by atoms with Gasteiger partial charge in [-0.3, -0.25) is 0 Å². The summed E-state index contributed by atoms with van der Waals surface area (Å²) in [4.78, 5) is 4.60. The van der Waals surface area contributed by atoms with E-state index in [0.29, 0.717) is 12.5 Å². The summed E-state index contributed by atoms with van der Waals surface area (Å²) in [5.74, 6) is 0.643. The highest BCUT2D eigenvalue weighted by atomic mass is 32.2. The van der Waals surface area contributed by atoms with Crippen molar-refractivity contribution in [2.24, 2.45) is 10.9 Å². The van der Waals surface area contributed by atoms with E-state index in [1.54, 1.807) is 0 Å². The van der Waals surface area contributed by atoms with Crippen molar-refractivity contribution in [3.05, 3.63) is 35.9 Å². The molecule has 1 aliphatic heterocycles. The van der Waals surface area contributed by atoms with E-state index in [4.69, 9.17) is 4.74 Å². The summed E-state index contributed by atoms with van der Waals surface area (Å²) >= 11 is 0. The fraction of sp³-hybridized carbons (Fsp3) is 0.562. The van der Waals surface area contributed by atoms with Crippen LogP contribution in [0.4, 0.5) is 0 Å². The van der Waals surface area contributed by atoms with Crippen LogP contribution < -0.4 is 4.72 Å². The van der Waals surface area contributed by atoms with E-state index >= 15 is 0 Å². The first-order valence-corrected chi connectivity index (χ1v) is 9.50. The predicted octanol–water partition coefficient (Wildman–Crippen LogP) is 1.99. The van der Waals surface area contributed by atoms with Gasteiger partial charge in [-0.1, -0.05) is 50.6 Å². The lowest BCUT2D eigenvalue weighted by molar-refractivity contribution is 0.291. The van der Waals surface area contributed by atoms with Crippen molar-refractivity contribution in [3.63, 3.8) is 0 Å². The Morgan fingerprint density at radius 3 is 2.64 bits per heavy atom. The highest BCUT2D eigenvalue weighted by Gasteiger charge is 2.31. The molecule has 1 heterocycles. The SMILES string of the molecule is CC[C@H](C)C(NS(C)(=O)=O)C1=N[C@@H](Cc2ccccc2)CO1. The minimum absolute atomic E-state index is 0.0466.